The van der Waals surface area contributed by atoms with Gasteiger partial charge in [0.1, 0.15) is 0 Å². The first-order valence-corrected chi connectivity index (χ1v) is 7.29. The third kappa shape index (κ3) is 5.77. The summed E-state index contributed by atoms with van der Waals surface area (Å²) >= 11 is 0. The molecule has 0 saturated heterocycles. The Bertz CT molecular complexity index is 320. The molecule has 0 aliphatic carbocycles. The van der Waals surface area contributed by atoms with Gasteiger partial charge in [0.05, 0.1) is 12.7 Å². The molecule has 0 amide bonds. The van der Waals surface area contributed by atoms with E-state index in [9.17, 15) is 4.57 Å². The third-order valence-corrected chi connectivity index (χ3v) is 3.78. The Balaban J connectivity index is 4.82. The maximum Gasteiger partial charge on any atom is 0.204 e. The van der Waals surface area contributed by atoms with Crippen molar-refractivity contribution in [1.29, 1.82) is 5.26 Å². The topological polar surface area (TPSA) is 50.1 Å². The van der Waals surface area contributed by atoms with Gasteiger partial charge in [0.15, 0.2) is 0 Å². The monoisotopic (exact) mass is 229 g/mol. The van der Waals surface area contributed by atoms with Crippen LogP contribution in [0.2, 0.25) is 0 Å². The zero-order valence-corrected chi connectivity index (χ0v) is 11.1. The summed E-state index contributed by atoms with van der Waals surface area (Å²) in [7, 11) is -2.59. The highest BCUT2D eigenvalue weighted by Crippen LogP contribution is 2.47. The Morgan fingerprint density at radius 3 is 2.40 bits per heavy atom. The first-order valence-electron chi connectivity index (χ1n) is 5.03. The van der Waals surface area contributed by atoms with E-state index in [1.54, 1.807) is 6.66 Å². The van der Waals surface area contributed by atoms with Crippen molar-refractivity contribution in [3.63, 3.8) is 0 Å². The molecule has 3 nitrogen and oxygen atoms in total. The van der Waals surface area contributed by atoms with Gasteiger partial charge in [-0.2, -0.15) is 5.26 Å². The Morgan fingerprint density at radius 1 is 1.53 bits per heavy atom. The van der Waals surface area contributed by atoms with E-state index in [1.807, 2.05) is 33.8 Å². The predicted molar refractivity (Wildman–Crippen MR) is 63.2 cm³/mol. The summed E-state index contributed by atoms with van der Waals surface area (Å²) in [6, 6.07) is 2.00. The van der Waals surface area contributed by atoms with Gasteiger partial charge in [0.25, 0.3) is 0 Å². The van der Waals surface area contributed by atoms with Gasteiger partial charge in [-0.1, -0.05) is 20.8 Å². The number of nitrogens with zero attached hydrogens (tertiary/aromatic N) is 1. The molecule has 1 atom stereocenters. The van der Waals surface area contributed by atoms with Gasteiger partial charge < -0.3 is 4.52 Å². The molecule has 0 N–H and O–H groups in total. The summed E-state index contributed by atoms with van der Waals surface area (Å²) < 4.78 is 17.2. The maximum atomic E-state index is 12.0. The number of allylic oxidation sites excluding steroid dienone is 2. The van der Waals surface area contributed by atoms with E-state index in [2.05, 4.69) is 0 Å². The van der Waals surface area contributed by atoms with Crippen LogP contribution in [0.3, 0.4) is 0 Å². The van der Waals surface area contributed by atoms with E-state index in [-0.39, 0.29) is 5.41 Å². The average molecular weight is 229 g/mol. The highest BCUT2D eigenvalue weighted by atomic mass is 31.2. The summed E-state index contributed by atoms with van der Waals surface area (Å²) in [5.41, 5.74) is 0.739. The fourth-order valence-corrected chi connectivity index (χ4v) is 3.03. The van der Waals surface area contributed by atoms with Crippen LogP contribution in [0.15, 0.2) is 11.6 Å². The molecular formula is C11H20NO2P. The molecule has 0 radical (unpaired) electrons. The van der Waals surface area contributed by atoms with E-state index < -0.39 is 7.37 Å². The van der Waals surface area contributed by atoms with E-state index in [4.69, 9.17) is 9.79 Å². The Morgan fingerprint density at radius 2 is 2.07 bits per heavy atom. The van der Waals surface area contributed by atoms with Gasteiger partial charge in [-0.15, -0.1) is 0 Å². The summed E-state index contributed by atoms with van der Waals surface area (Å²) in [6.45, 7) is 9.89. The lowest BCUT2D eigenvalue weighted by molar-refractivity contribution is 0.336. The zero-order valence-electron chi connectivity index (χ0n) is 10.2. The molecule has 4 heteroatoms. The molecule has 15 heavy (non-hydrogen) atoms. The molecule has 0 spiro atoms. The molecule has 0 aromatic carbocycles. The van der Waals surface area contributed by atoms with Crippen molar-refractivity contribution in [2.24, 2.45) is 5.41 Å². The first-order chi connectivity index (χ1) is 6.73. The SMILES string of the molecule is CCOP(C)(=O)C/C(=C/C#N)C(C)(C)C. The Labute approximate surface area is 92.6 Å². The molecule has 0 aliphatic heterocycles. The highest BCUT2D eigenvalue weighted by molar-refractivity contribution is 7.58. The lowest BCUT2D eigenvalue weighted by Crippen LogP contribution is -2.13. The molecule has 86 valence electrons. The van der Waals surface area contributed by atoms with Gasteiger partial charge >= 0.3 is 0 Å². The van der Waals surface area contributed by atoms with Crippen LogP contribution in [0.25, 0.3) is 0 Å². The van der Waals surface area contributed by atoms with Crippen LogP contribution >= 0.6 is 7.37 Å². The molecule has 0 aromatic rings. The van der Waals surface area contributed by atoms with Crippen molar-refractivity contribution in [2.45, 2.75) is 27.7 Å². The molecule has 0 bridgehead atoms. The number of hydrogen-bond acceptors (Lipinski definition) is 3. The van der Waals surface area contributed by atoms with Gasteiger partial charge in [-0.3, -0.25) is 4.57 Å². The van der Waals surface area contributed by atoms with Crippen LogP contribution in [0.5, 0.6) is 0 Å². The number of nitriles is 1. The van der Waals surface area contributed by atoms with Gasteiger partial charge in [0, 0.05) is 18.9 Å². The van der Waals surface area contributed by atoms with Crippen LogP contribution in [-0.4, -0.2) is 19.4 Å². The molecule has 1 unspecified atom stereocenters. The standard InChI is InChI=1S/C11H20NO2P/c1-6-14-15(5,13)9-10(7-8-12)11(2,3)4/h7H,6,9H2,1-5H3/b10-7-. The predicted octanol–water partition coefficient (Wildman–Crippen LogP) is 3.43. The fourth-order valence-electron chi connectivity index (χ4n) is 1.21. The van der Waals surface area contributed by atoms with Gasteiger partial charge in [0.2, 0.25) is 7.37 Å². The first kappa shape index (κ1) is 14.4. The molecule has 0 fully saturated rings. The Hall–Kier alpha value is -0.580. The van der Waals surface area contributed by atoms with Gasteiger partial charge in [-0.05, 0) is 17.9 Å². The fraction of sp³-hybridized carbons (Fsp3) is 0.727. The Kier molecular flexibility index (Phi) is 5.28. The van der Waals surface area contributed by atoms with Crippen LogP contribution in [0.4, 0.5) is 0 Å². The molecular weight excluding hydrogens is 209 g/mol. The van der Waals surface area contributed by atoms with Crippen LogP contribution in [-0.2, 0) is 9.09 Å². The van der Waals surface area contributed by atoms with Crippen molar-refractivity contribution in [2.75, 3.05) is 19.4 Å². The molecule has 0 rings (SSSR count). The van der Waals surface area contributed by atoms with Crippen molar-refractivity contribution in [1.82, 2.24) is 0 Å². The lowest BCUT2D eigenvalue weighted by atomic mass is 9.87. The summed E-state index contributed by atoms with van der Waals surface area (Å²) in [6.07, 6.45) is 1.84. The molecule has 0 aromatic heterocycles. The largest absolute Gasteiger partial charge is 0.329 e. The minimum Gasteiger partial charge on any atom is -0.329 e. The quantitative estimate of drug-likeness (QED) is 0.548. The van der Waals surface area contributed by atoms with Crippen molar-refractivity contribution in [3.8, 4) is 6.07 Å². The number of hydrogen-bond donors (Lipinski definition) is 0. The van der Waals surface area contributed by atoms with E-state index in [0.29, 0.717) is 12.8 Å². The summed E-state index contributed by atoms with van der Waals surface area (Å²) in [5.74, 6) is 0. The van der Waals surface area contributed by atoms with Crippen molar-refractivity contribution < 1.29 is 9.09 Å². The maximum absolute atomic E-state index is 12.0. The lowest BCUT2D eigenvalue weighted by Gasteiger charge is -2.24. The zero-order chi connectivity index (χ0) is 12.1. The molecule has 0 aliphatic rings. The summed E-state index contributed by atoms with van der Waals surface area (Å²) in [4.78, 5) is 0. The van der Waals surface area contributed by atoms with Crippen LogP contribution in [0.1, 0.15) is 27.7 Å². The highest BCUT2D eigenvalue weighted by Gasteiger charge is 2.25. The van der Waals surface area contributed by atoms with Crippen molar-refractivity contribution in [3.05, 3.63) is 11.6 Å². The minimum atomic E-state index is -2.59. The third-order valence-electron chi connectivity index (χ3n) is 2.06. The molecule has 0 saturated carbocycles. The average Bonchev–Trinajstić information content (AvgIpc) is 2.01. The second-order valence-corrected chi connectivity index (χ2v) is 7.24. The summed E-state index contributed by atoms with van der Waals surface area (Å²) in [5, 5.41) is 8.67. The van der Waals surface area contributed by atoms with Crippen LogP contribution < -0.4 is 0 Å². The normalized spacial score (nSPS) is 16.9. The second kappa shape index (κ2) is 5.49. The smallest absolute Gasteiger partial charge is 0.204 e. The van der Waals surface area contributed by atoms with Gasteiger partial charge in [-0.25, -0.2) is 0 Å². The van der Waals surface area contributed by atoms with E-state index in [1.165, 1.54) is 6.08 Å². The van der Waals surface area contributed by atoms with Crippen LogP contribution in [0, 0.1) is 16.7 Å². The van der Waals surface area contributed by atoms with E-state index >= 15 is 0 Å². The number of rotatable bonds is 4. The van der Waals surface area contributed by atoms with E-state index in [0.717, 1.165) is 5.57 Å². The molecule has 0 heterocycles. The minimum absolute atomic E-state index is 0.140. The van der Waals surface area contributed by atoms with Crippen molar-refractivity contribution >= 4 is 7.37 Å². The second-order valence-electron chi connectivity index (χ2n) is 4.64.